The quantitative estimate of drug-likeness (QED) is 0.562. The predicted molar refractivity (Wildman–Crippen MR) is 44.8 cm³/mol. The summed E-state index contributed by atoms with van der Waals surface area (Å²) >= 11 is 0. The van der Waals surface area contributed by atoms with Crippen molar-refractivity contribution in [1.82, 2.24) is 0 Å². The summed E-state index contributed by atoms with van der Waals surface area (Å²) in [6.07, 6.45) is 0. The van der Waals surface area contributed by atoms with Crippen LogP contribution in [0.2, 0.25) is 0 Å². The van der Waals surface area contributed by atoms with E-state index in [4.69, 9.17) is 16.6 Å². The van der Waals surface area contributed by atoms with Crippen LogP contribution in [0.4, 0.5) is 10.1 Å². The lowest BCUT2D eigenvalue weighted by molar-refractivity contribution is 0.268. The normalized spacial score (nSPS) is 12.9. The number of nitrogens with two attached hydrogens (primary N) is 2. The SMILES string of the molecule is Nc1cc(F)ccc1C(N)CO. The Bertz CT molecular complexity index is 278. The van der Waals surface area contributed by atoms with Gasteiger partial charge in [0.15, 0.2) is 0 Å². The molecule has 12 heavy (non-hydrogen) atoms. The Morgan fingerprint density at radius 2 is 2.17 bits per heavy atom. The Hall–Kier alpha value is -1.13. The molecular formula is C8H11FN2O. The smallest absolute Gasteiger partial charge is 0.125 e. The van der Waals surface area contributed by atoms with Crippen molar-refractivity contribution in [3.8, 4) is 0 Å². The summed E-state index contributed by atoms with van der Waals surface area (Å²) in [5, 5.41) is 8.71. The molecule has 0 aliphatic heterocycles. The molecule has 0 aliphatic rings. The summed E-state index contributed by atoms with van der Waals surface area (Å²) in [6, 6.07) is 3.39. The number of rotatable bonds is 2. The van der Waals surface area contributed by atoms with Crippen molar-refractivity contribution < 1.29 is 9.50 Å². The van der Waals surface area contributed by atoms with Gasteiger partial charge < -0.3 is 16.6 Å². The molecule has 0 amide bonds. The molecule has 0 saturated carbocycles. The van der Waals surface area contributed by atoms with Crippen LogP contribution < -0.4 is 11.5 Å². The molecular weight excluding hydrogens is 159 g/mol. The van der Waals surface area contributed by atoms with Crippen molar-refractivity contribution in [2.24, 2.45) is 5.73 Å². The lowest BCUT2D eigenvalue weighted by Gasteiger charge is -2.10. The zero-order valence-corrected chi connectivity index (χ0v) is 6.50. The molecule has 1 aromatic carbocycles. The minimum atomic E-state index is -0.536. The molecule has 0 spiro atoms. The van der Waals surface area contributed by atoms with Crippen LogP contribution in [0.15, 0.2) is 18.2 Å². The van der Waals surface area contributed by atoms with Crippen LogP contribution in [0, 0.1) is 5.82 Å². The third-order valence-electron chi connectivity index (χ3n) is 1.65. The molecule has 1 atom stereocenters. The van der Waals surface area contributed by atoms with Crippen LogP contribution in [-0.2, 0) is 0 Å². The van der Waals surface area contributed by atoms with Gasteiger partial charge in [-0.15, -0.1) is 0 Å². The first-order valence-corrected chi connectivity index (χ1v) is 3.56. The maximum atomic E-state index is 12.5. The number of benzene rings is 1. The number of hydrogen-bond acceptors (Lipinski definition) is 3. The van der Waals surface area contributed by atoms with Crippen molar-refractivity contribution >= 4 is 5.69 Å². The maximum Gasteiger partial charge on any atom is 0.125 e. The lowest BCUT2D eigenvalue weighted by Crippen LogP contribution is -2.16. The van der Waals surface area contributed by atoms with Gasteiger partial charge in [0, 0.05) is 5.69 Å². The van der Waals surface area contributed by atoms with E-state index in [-0.39, 0.29) is 12.3 Å². The largest absolute Gasteiger partial charge is 0.398 e. The first kappa shape index (κ1) is 8.96. The molecule has 0 saturated heterocycles. The fourth-order valence-electron chi connectivity index (χ4n) is 0.982. The second-order valence-corrected chi connectivity index (χ2v) is 2.56. The van der Waals surface area contributed by atoms with E-state index in [0.717, 1.165) is 0 Å². The summed E-state index contributed by atoms with van der Waals surface area (Å²) in [6.45, 7) is -0.199. The van der Waals surface area contributed by atoms with Gasteiger partial charge in [-0.3, -0.25) is 0 Å². The molecule has 0 radical (unpaired) electrons. The van der Waals surface area contributed by atoms with E-state index < -0.39 is 11.9 Å². The molecule has 1 rings (SSSR count). The van der Waals surface area contributed by atoms with Gasteiger partial charge in [0.05, 0.1) is 12.6 Å². The molecule has 1 unspecified atom stereocenters. The van der Waals surface area contributed by atoms with Gasteiger partial charge >= 0.3 is 0 Å². The van der Waals surface area contributed by atoms with Gasteiger partial charge in [-0.2, -0.15) is 0 Å². The first-order chi connectivity index (χ1) is 5.65. The van der Waals surface area contributed by atoms with Crippen LogP contribution in [0.25, 0.3) is 0 Å². The van der Waals surface area contributed by atoms with Crippen molar-refractivity contribution in [2.45, 2.75) is 6.04 Å². The van der Waals surface area contributed by atoms with Crippen molar-refractivity contribution in [2.75, 3.05) is 12.3 Å². The third kappa shape index (κ3) is 1.72. The van der Waals surface area contributed by atoms with Gasteiger partial charge in [0.25, 0.3) is 0 Å². The fourth-order valence-corrected chi connectivity index (χ4v) is 0.982. The van der Waals surface area contributed by atoms with Gasteiger partial charge in [0.2, 0.25) is 0 Å². The van der Waals surface area contributed by atoms with E-state index in [2.05, 4.69) is 0 Å². The minimum Gasteiger partial charge on any atom is -0.398 e. The molecule has 0 heterocycles. The third-order valence-corrected chi connectivity index (χ3v) is 1.65. The molecule has 0 bridgehead atoms. The van der Waals surface area contributed by atoms with Gasteiger partial charge in [-0.25, -0.2) is 4.39 Å². The van der Waals surface area contributed by atoms with Crippen LogP contribution in [0.5, 0.6) is 0 Å². The molecule has 66 valence electrons. The molecule has 1 aromatic rings. The van der Waals surface area contributed by atoms with E-state index in [1.54, 1.807) is 0 Å². The molecule has 0 fully saturated rings. The van der Waals surface area contributed by atoms with Crippen molar-refractivity contribution in [3.05, 3.63) is 29.6 Å². The summed E-state index contributed by atoms with van der Waals surface area (Å²) in [7, 11) is 0. The Kier molecular flexibility index (Phi) is 2.62. The van der Waals surface area contributed by atoms with Gasteiger partial charge in [-0.05, 0) is 17.7 Å². The van der Waals surface area contributed by atoms with Gasteiger partial charge in [0.1, 0.15) is 5.82 Å². The Morgan fingerprint density at radius 3 is 2.67 bits per heavy atom. The molecule has 4 heteroatoms. The topological polar surface area (TPSA) is 72.3 Å². The average Bonchev–Trinajstić information content (AvgIpc) is 2.03. The van der Waals surface area contributed by atoms with E-state index >= 15 is 0 Å². The van der Waals surface area contributed by atoms with Crippen LogP contribution in [0.3, 0.4) is 0 Å². The second kappa shape index (κ2) is 3.51. The zero-order chi connectivity index (χ0) is 9.14. The number of aliphatic hydroxyl groups is 1. The Balaban J connectivity index is 3.01. The Labute approximate surface area is 69.8 Å². The number of aliphatic hydroxyl groups excluding tert-OH is 1. The highest BCUT2D eigenvalue weighted by molar-refractivity contribution is 5.48. The van der Waals surface area contributed by atoms with Crippen molar-refractivity contribution in [3.63, 3.8) is 0 Å². The number of nitrogen functional groups attached to an aromatic ring is 1. The van der Waals surface area contributed by atoms with E-state index in [9.17, 15) is 4.39 Å². The monoisotopic (exact) mass is 170 g/mol. The first-order valence-electron chi connectivity index (χ1n) is 3.56. The minimum absolute atomic E-state index is 0.199. The molecule has 0 aromatic heterocycles. The molecule has 3 nitrogen and oxygen atoms in total. The summed E-state index contributed by atoms with van der Waals surface area (Å²) < 4.78 is 12.5. The van der Waals surface area contributed by atoms with E-state index in [1.165, 1.54) is 18.2 Å². The fraction of sp³-hybridized carbons (Fsp3) is 0.250. The maximum absolute atomic E-state index is 12.5. The summed E-state index contributed by atoms with van der Waals surface area (Å²) in [5.74, 6) is -0.401. The molecule has 5 N–H and O–H groups in total. The lowest BCUT2D eigenvalue weighted by atomic mass is 10.1. The van der Waals surface area contributed by atoms with Crippen molar-refractivity contribution in [1.29, 1.82) is 0 Å². The summed E-state index contributed by atoms with van der Waals surface area (Å²) in [4.78, 5) is 0. The van der Waals surface area contributed by atoms with Crippen LogP contribution >= 0.6 is 0 Å². The highest BCUT2D eigenvalue weighted by Gasteiger charge is 2.08. The van der Waals surface area contributed by atoms with Crippen LogP contribution in [-0.4, -0.2) is 11.7 Å². The number of hydrogen-bond donors (Lipinski definition) is 3. The van der Waals surface area contributed by atoms with Crippen LogP contribution in [0.1, 0.15) is 11.6 Å². The van der Waals surface area contributed by atoms with E-state index in [0.29, 0.717) is 5.56 Å². The molecule has 0 aliphatic carbocycles. The summed E-state index contributed by atoms with van der Waals surface area (Å²) in [5.41, 5.74) is 11.8. The average molecular weight is 170 g/mol. The Morgan fingerprint density at radius 1 is 1.50 bits per heavy atom. The predicted octanol–water partition coefficient (Wildman–Crippen LogP) is 0.400. The van der Waals surface area contributed by atoms with E-state index in [1.807, 2.05) is 0 Å². The number of halogens is 1. The number of anilines is 1. The second-order valence-electron chi connectivity index (χ2n) is 2.56. The highest BCUT2D eigenvalue weighted by Crippen LogP contribution is 2.18. The van der Waals surface area contributed by atoms with Gasteiger partial charge in [-0.1, -0.05) is 6.07 Å². The zero-order valence-electron chi connectivity index (χ0n) is 6.50. The standard InChI is InChI=1S/C8H11FN2O/c9-5-1-2-6(7(10)3-5)8(11)4-12/h1-3,8,12H,4,10-11H2. The highest BCUT2D eigenvalue weighted by atomic mass is 19.1.